The fourth-order valence-corrected chi connectivity index (χ4v) is 4.36. The molecule has 21 heavy (non-hydrogen) atoms. The molecule has 0 amide bonds. The van der Waals surface area contributed by atoms with Gasteiger partial charge in [0, 0.05) is 11.8 Å². The number of nitrogens with zero attached hydrogens (tertiary/aromatic N) is 1. The zero-order valence-corrected chi connectivity index (χ0v) is 12.2. The van der Waals surface area contributed by atoms with Crippen LogP contribution in [0.2, 0.25) is 0 Å². The number of nitrogens with one attached hydrogen (secondary N) is 1. The molecule has 3 aliphatic rings. The van der Waals surface area contributed by atoms with E-state index >= 15 is 0 Å². The van der Waals surface area contributed by atoms with Crippen LogP contribution in [0.5, 0.6) is 0 Å². The molecule has 1 aromatic rings. The van der Waals surface area contributed by atoms with Crippen molar-refractivity contribution in [2.75, 3.05) is 6.54 Å². The lowest BCUT2D eigenvalue weighted by atomic mass is 9.68. The molecule has 0 radical (unpaired) electrons. The van der Waals surface area contributed by atoms with Gasteiger partial charge in [-0.2, -0.15) is 0 Å². The van der Waals surface area contributed by atoms with Gasteiger partial charge in [0.1, 0.15) is 5.82 Å². The zero-order chi connectivity index (χ0) is 14.3. The van der Waals surface area contributed by atoms with Crippen molar-refractivity contribution in [1.29, 1.82) is 0 Å². The molecule has 0 bridgehead atoms. The minimum Gasteiger partial charge on any atom is -0.307 e. The van der Waals surface area contributed by atoms with Gasteiger partial charge in [-0.05, 0) is 67.8 Å². The molecule has 2 nitrogen and oxygen atoms in total. The standard InChI is InChI=1S/C18H21FN2/c19-16-6-4-13(5-7-16)10-17-11-18-14(8-9-21-18)2-1-3-15(18)12-20-17/h3-7,12,14,17,21H,1-2,8-11H2. The van der Waals surface area contributed by atoms with E-state index in [1.807, 2.05) is 12.1 Å². The number of benzene rings is 1. The van der Waals surface area contributed by atoms with Crippen molar-refractivity contribution in [1.82, 2.24) is 5.32 Å². The van der Waals surface area contributed by atoms with Crippen LogP contribution >= 0.6 is 0 Å². The van der Waals surface area contributed by atoms with Gasteiger partial charge in [-0.3, -0.25) is 4.99 Å². The van der Waals surface area contributed by atoms with Crippen LogP contribution in [0.4, 0.5) is 4.39 Å². The molecule has 0 saturated carbocycles. The predicted molar refractivity (Wildman–Crippen MR) is 83.2 cm³/mol. The van der Waals surface area contributed by atoms with Crippen LogP contribution in [0.1, 0.15) is 31.2 Å². The molecule has 1 saturated heterocycles. The van der Waals surface area contributed by atoms with Crippen molar-refractivity contribution in [3.63, 3.8) is 0 Å². The second kappa shape index (κ2) is 5.06. The molecule has 3 unspecified atom stereocenters. The van der Waals surface area contributed by atoms with E-state index in [0.717, 1.165) is 25.3 Å². The molecule has 1 aliphatic carbocycles. The maximum atomic E-state index is 13.0. The summed E-state index contributed by atoms with van der Waals surface area (Å²) < 4.78 is 13.0. The van der Waals surface area contributed by atoms with E-state index in [0.29, 0.717) is 6.04 Å². The Bertz CT molecular complexity index is 590. The molecule has 1 aromatic carbocycles. The molecule has 1 fully saturated rings. The number of rotatable bonds is 2. The van der Waals surface area contributed by atoms with Crippen molar-refractivity contribution < 1.29 is 4.39 Å². The van der Waals surface area contributed by atoms with Gasteiger partial charge in [-0.15, -0.1) is 0 Å². The molecular weight excluding hydrogens is 263 g/mol. The number of hydrogen-bond acceptors (Lipinski definition) is 2. The van der Waals surface area contributed by atoms with Gasteiger partial charge in [0.05, 0.1) is 6.04 Å². The van der Waals surface area contributed by atoms with Gasteiger partial charge >= 0.3 is 0 Å². The van der Waals surface area contributed by atoms with Crippen LogP contribution in [0.25, 0.3) is 0 Å². The van der Waals surface area contributed by atoms with Crippen LogP contribution in [0.3, 0.4) is 0 Å². The van der Waals surface area contributed by atoms with Crippen LogP contribution in [0.15, 0.2) is 40.9 Å². The van der Waals surface area contributed by atoms with E-state index in [9.17, 15) is 4.39 Å². The van der Waals surface area contributed by atoms with Crippen molar-refractivity contribution in [2.45, 2.75) is 43.7 Å². The first-order valence-corrected chi connectivity index (χ1v) is 7.99. The molecule has 1 spiro atoms. The molecular formula is C18H21FN2. The minimum atomic E-state index is -0.167. The van der Waals surface area contributed by atoms with Gasteiger partial charge in [0.15, 0.2) is 0 Å². The van der Waals surface area contributed by atoms with E-state index in [4.69, 9.17) is 4.99 Å². The maximum absolute atomic E-state index is 13.0. The summed E-state index contributed by atoms with van der Waals surface area (Å²) in [4.78, 5) is 4.76. The number of halogens is 1. The summed E-state index contributed by atoms with van der Waals surface area (Å²) in [5.74, 6) is 0.597. The van der Waals surface area contributed by atoms with E-state index < -0.39 is 0 Å². The predicted octanol–water partition coefficient (Wildman–Crippen LogP) is 3.28. The van der Waals surface area contributed by atoms with E-state index in [-0.39, 0.29) is 11.4 Å². The van der Waals surface area contributed by atoms with Gasteiger partial charge < -0.3 is 5.32 Å². The summed E-state index contributed by atoms with van der Waals surface area (Å²) in [7, 11) is 0. The Morgan fingerprint density at radius 1 is 1.24 bits per heavy atom. The smallest absolute Gasteiger partial charge is 0.123 e. The summed E-state index contributed by atoms with van der Waals surface area (Å²) in [6, 6.07) is 7.16. The highest BCUT2D eigenvalue weighted by Crippen LogP contribution is 2.45. The zero-order valence-electron chi connectivity index (χ0n) is 12.2. The average Bonchev–Trinajstić information content (AvgIpc) is 2.91. The summed E-state index contributed by atoms with van der Waals surface area (Å²) in [5.41, 5.74) is 2.75. The first kappa shape index (κ1) is 13.2. The Morgan fingerprint density at radius 2 is 2.10 bits per heavy atom. The van der Waals surface area contributed by atoms with Crippen molar-refractivity contribution in [2.24, 2.45) is 10.9 Å². The highest BCUT2D eigenvalue weighted by molar-refractivity contribution is 5.83. The Kier molecular flexibility index (Phi) is 3.18. The second-order valence-electron chi connectivity index (χ2n) is 6.59. The monoisotopic (exact) mass is 284 g/mol. The summed E-state index contributed by atoms with van der Waals surface area (Å²) in [6.07, 6.45) is 10.2. The second-order valence-corrected chi connectivity index (χ2v) is 6.59. The van der Waals surface area contributed by atoms with E-state index in [1.54, 1.807) is 12.1 Å². The van der Waals surface area contributed by atoms with Gasteiger partial charge in [0.25, 0.3) is 0 Å². The van der Waals surface area contributed by atoms with E-state index in [2.05, 4.69) is 17.6 Å². The van der Waals surface area contributed by atoms with Crippen LogP contribution in [-0.4, -0.2) is 24.3 Å². The maximum Gasteiger partial charge on any atom is 0.123 e. The van der Waals surface area contributed by atoms with Gasteiger partial charge in [0.2, 0.25) is 0 Å². The Balaban J connectivity index is 1.58. The lowest BCUT2D eigenvalue weighted by molar-refractivity contribution is 0.263. The third-order valence-corrected chi connectivity index (χ3v) is 5.39. The largest absolute Gasteiger partial charge is 0.307 e. The molecule has 4 rings (SSSR count). The number of allylic oxidation sites excluding steroid dienone is 1. The van der Waals surface area contributed by atoms with Crippen molar-refractivity contribution in [3.8, 4) is 0 Å². The molecule has 3 heteroatoms. The van der Waals surface area contributed by atoms with E-state index in [1.165, 1.54) is 30.4 Å². The first-order valence-electron chi connectivity index (χ1n) is 7.99. The Hall–Kier alpha value is -1.48. The lowest BCUT2D eigenvalue weighted by Gasteiger charge is -2.43. The molecule has 0 aromatic heterocycles. The summed E-state index contributed by atoms with van der Waals surface area (Å²) in [5, 5.41) is 3.78. The van der Waals surface area contributed by atoms with Crippen LogP contribution < -0.4 is 5.32 Å². The normalized spacial score (nSPS) is 34.2. The lowest BCUT2D eigenvalue weighted by Crippen LogP contribution is -2.52. The Labute approximate surface area is 125 Å². The number of aliphatic imine (C=N–C) groups is 1. The van der Waals surface area contributed by atoms with Crippen molar-refractivity contribution in [3.05, 3.63) is 47.3 Å². The Morgan fingerprint density at radius 3 is 2.95 bits per heavy atom. The number of hydrogen-bond donors (Lipinski definition) is 1. The molecule has 3 atom stereocenters. The molecule has 2 aliphatic heterocycles. The quantitative estimate of drug-likeness (QED) is 0.885. The highest BCUT2D eigenvalue weighted by atomic mass is 19.1. The van der Waals surface area contributed by atoms with Crippen LogP contribution in [-0.2, 0) is 6.42 Å². The molecule has 2 heterocycles. The molecule has 110 valence electrons. The summed E-state index contributed by atoms with van der Waals surface area (Å²) in [6.45, 7) is 1.12. The van der Waals surface area contributed by atoms with Crippen molar-refractivity contribution >= 4 is 6.21 Å². The fourth-order valence-electron chi connectivity index (χ4n) is 4.36. The van der Waals surface area contributed by atoms with Crippen LogP contribution in [0, 0.1) is 11.7 Å². The third-order valence-electron chi connectivity index (χ3n) is 5.39. The van der Waals surface area contributed by atoms with Gasteiger partial charge in [-0.25, -0.2) is 4.39 Å². The molecule has 1 N–H and O–H groups in total. The SMILES string of the molecule is Fc1ccc(CC2CC34NCCC3CCC=C4C=N2)cc1. The minimum absolute atomic E-state index is 0.167. The highest BCUT2D eigenvalue weighted by Gasteiger charge is 2.48. The third kappa shape index (κ3) is 2.24. The van der Waals surface area contributed by atoms with Gasteiger partial charge in [-0.1, -0.05) is 18.2 Å². The fraction of sp³-hybridized carbons (Fsp3) is 0.500. The average molecular weight is 284 g/mol. The topological polar surface area (TPSA) is 24.4 Å². The first-order chi connectivity index (χ1) is 10.3. The summed E-state index contributed by atoms with van der Waals surface area (Å²) >= 11 is 0.